The SMILES string of the molecule is N#CCC(=O)c1c(F)c(F)c(F)c(F)c1F. The van der Waals surface area contributed by atoms with E-state index in [1.54, 1.807) is 0 Å². The van der Waals surface area contributed by atoms with E-state index in [1.807, 2.05) is 0 Å². The molecule has 0 saturated heterocycles. The Kier molecular flexibility index (Phi) is 3.22. The van der Waals surface area contributed by atoms with Gasteiger partial charge >= 0.3 is 0 Å². The molecule has 1 rings (SSSR count). The molecule has 1 aromatic carbocycles. The fourth-order valence-electron chi connectivity index (χ4n) is 1.01. The van der Waals surface area contributed by atoms with Crippen LogP contribution in [0.5, 0.6) is 0 Å². The quantitative estimate of drug-likeness (QED) is 0.342. The smallest absolute Gasteiger partial charge is 0.200 e. The standard InChI is InChI=1S/C9H2F5NO/c10-5-4(3(16)1-2-15)6(11)8(13)9(14)7(5)12/h1H2. The van der Waals surface area contributed by atoms with Crippen LogP contribution in [0.3, 0.4) is 0 Å². The van der Waals surface area contributed by atoms with Crippen LogP contribution < -0.4 is 0 Å². The summed E-state index contributed by atoms with van der Waals surface area (Å²) in [6.07, 6.45) is -0.974. The van der Waals surface area contributed by atoms with Gasteiger partial charge in [-0.15, -0.1) is 0 Å². The molecule has 0 unspecified atom stereocenters. The second-order valence-corrected chi connectivity index (χ2v) is 2.70. The number of Topliss-reactive ketones (excluding diaryl/α,β-unsaturated/α-hetero) is 1. The summed E-state index contributed by atoms with van der Waals surface area (Å²) in [5, 5.41) is 8.10. The number of halogens is 5. The van der Waals surface area contributed by atoms with Crippen LogP contribution in [0.4, 0.5) is 22.0 Å². The van der Waals surface area contributed by atoms with Crippen LogP contribution in [0.15, 0.2) is 0 Å². The first-order valence-electron chi connectivity index (χ1n) is 3.83. The van der Waals surface area contributed by atoms with Gasteiger partial charge in [-0.3, -0.25) is 4.79 Å². The number of rotatable bonds is 2. The molecule has 16 heavy (non-hydrogen) atoms. The molecule has 0 aliphatic heterocycles. The van der Waals surface area contributed by atoms with Crippen molar-refractivity contribution in [3.05, 3.63) is 34.6 Å². The van der Waals surface area contributed by atoms with E-state index in [1.165, 1.54) is 6.07 Å². The van der Waals surface area contributed by atoms with E-state index in [9.17, 15) is 26.7 Å². The molecule has 0 saturated carbocycles. The Morgan fingerprint density at radius 3 is 1.69 bits per heavy atom. The van der Waals surface area contributed by atoms with E-state index >= 15 is 0 Å². The first-order valence-corrected chi connectivity index (χ1v) is 3.83. The molecular weight excluding hydrogens is 233 g/mol. The van der Waals surface area contributed by atoms with Gasteiger partial charge in [0, 0.05) is 0 Å². The van der Waals surface area contributed by atoms with Gasteiger partial charge in [0.25, 0.3) is 0 Å². The summed E-state index contributed by atoms with van der Waals surface area (Å²) >= 11 is 0. The van der Waals surface area contributed by atoms with Crippen molar-refractivity contribution >= 4 is 5.78 Å². The predicted octanol–water partition coefficient (Wildman–Crippen LogP) is 2.48. The number of benzene rings is 1. The van der Waals surface area contributed by atoms with Crippen LogP contribution >= 0.6 is 0 Å². The maximum absolute atomic E-state index is 12.9. The minimum atomic E-state index is -2.34. The van der Waals surface area contributed by atoms with Gasteiger partial charge in [0.05, 0.1) is 18.1 Å². The molecule has 0 aromatic heterocycles. The molecule has 0 heterocycles. The molecule has 0 bridgehead atoms. The Labute approximate surface area is 85.9 Å². The van der Waals surface area contributed by atoms with Crippen molar-refractivity contribution in [1.29, 1.82) is 5.26 Å². The van der Waals surface area contributed by atoms with Gasteiger partial charge in [-0.2, -0.15) is 5.26 Å². The Bertz CT molecular complexity index is 477. The normalized spacial score (nSPS) is 10.0. The Balaban J connectivity index is 3.53. The fraction of sp³-hybridized carbons (Fsp3) is 0.111. The number of hydrogen-bond acceptors (Lipinski definition) is 2. The highest BCUT2D eigenvalue weighted by Crippen LogP contribution is 2.23. The van der Waals surface area contributed by atoms with E-state index in [0.717, 1.165) is 0 Å². The number of ketones is 1. The lowest BCUT2D eigenvalue weighted by Gasteiger charge is -2.05. The Morgan fingerprint density at radius 1 is 0.938 bits per heavy atom. The van der Waals surface area contributed by atoms with E-state index in [4.69, 9.17) is 5.26 Å². The van der Waals surface area contributed by atoms with Gasteiger partial charge in [-0.05, 0) is 0 Å². The second-order valence-electron chi connectivity index (χ2n) is 2.70. The number of hydrogen-bond donors (Lipinski definition) is 0. The third-order valence-corrected chi connectivity index (χ3v) is 1.73. The summed E-state index contributed by atoms with van der Waals surface area (Å²) < 4.78 is 63.6. The second kappa shape index (κ2) is 4.26. The molecule has 0 N–H and O–H groups in total. The maximum atomic E-state index is 12.9. The lowest BCUT2D eigenvalue weighted by molar-refractivity contribution is 0.0986. The summed E-state index contributed by atoms with van der Waals surface area (Å²) in [6.45, 7) is 0. The zero-order chi connectivity index (χ0) is 12.5. The molecule has 0 amide bonds. The predicted molar refractivity (Wildman–Crippen MR) is 40.8 cm³/mol. The Hall–Kier alpha value is -1.97. The number of nitriles is 1. The molecule has 0 spiro atoms. The minimum absolute atomic E-state index is 0.974. The minimum Gasteiger partial charge on any atom is -0.293 e. The molecule has 0 aliphatic carbocycles. The van der Waals surface area contributed by atoms with Gasteiger partial charge in [-0.25, -0.2) is 22.0 Å². The van der Waals surface area contributed by atoms with E-state index in [0.29, 0.717) is 0 Å². The molecule has 0 aliphatic rings. The van der Waals surface area contributed by atoms with Crippen molar-refractivity contribution in [2.24, 2.45) is 0 Å². The van der Waals surface area contributed by atoms with E-state index in [-0.39, 0.29) is 0 Å². The van der Waals surface area contributed by atoms with Crippen molar-refractivity contribution < 1.29 is 26.7 Å². The third-order valence-electron chi connectivity index (χ3n) is 1.73. The van der Waals surface area contributed by atoms with Crippen molar-refractivity contribution in [1.82, 2.24) is 0 Å². The average Bonchev–Trinajstić information content (AvgIpc) is 2.24. The maximum Gasteiger partial charge on any atom is 0.200 e. The molecule has 2 nitrogen and oxygen atoms in total. The molecule has 84 valence electrons. The number of carbonyl (C=O) groups is 1. The number of nitrogens with zero attached hydrogens (tertiary/aromatic N) is 1. The van der Waals surface area contributed by atoms with Crippen LogP contribution in [0.25, 0.3) is 0 Å². The molecule has 7 heteroatoms. The first kappa shape index (κ1) is 12.1. The van der Waals surface area contributed by atoms with Crippen LogP contribution in [0.2, 0.25) is 0 Å². The summed E-state index contributed by atoms with van der Waals surface area (Å²) in [7, 11) is 0. The highest BCUT2D eigenvalue weighted by molar-refractivity contribution is 5.97. The van der Waals surface area contributed by atoms with Gasteiger partial charge in [-0.1, -0.05) is 0 Å². The molecule has 0 radical (unpaired) electrons. The van der Waals surface area contributed by atoms with Crippen molar-refractivity contribution in [3.8, 4) is 6.07 Å². The zero-order valence-corrected chi connectivity index (χ0v) is 7.45. The molecule has 0 atom stereocenters. The molecular formula is C9H2F5NO. The highest BCUT2D eigenvalue weighted by Gasteiger charge is 2.29. The third kappa shape index (κ3) is 1.74. The van der Waals surface area contributed by atoms with Crippen LogP contribution in [-0.2, 0) is 0 Å². The fourth-order valence-corrected chi connectivity index (χ4v) is 1.01. The molecule has 1 aromatic rings. The van der Waals surface area contributed by atoms with Crippen molar-refractivity contribution in [2.75, 3.05) is 0 Å². The highest BCUT2D eigenvalue weighted by atomic mass is 19.2. The Morgan fingerprint density at radius 2 is 1.31 bits per heavy atom. The lowest BCUT2D eigenvalue weighted by Crippen LogP contribution is -2.12. The molecule has 0 fully saturated rings. The summed E-state index contributed by atoms with van der Waals surface area (Å²) in [4.78, 5) is 10.9. The first-order chi connectivity index (χ1) is 7.41. The van der Waals surface area contributed by atoms with E-state index < -0.39 is 46.9 Å². The van der Waals surface area contributed by atoms with Crippen LogP contribution in [-0.4, -0.2) is 5.78 Å². The van der Waals surface area contributed by atoms with Crippen molar-refractivity contribution in [2.45, 2.75) is 6.42 Å². The number of carbonyl (C=O) groups excluding carboxylic acids is 1. The monoisotopic (exact) mass is 235 g/mol. The van der Waals surface area contributed by atoms with Crippen LogP contribution in [0.1, 0.15) is 16.8 Å². The van der Waals surface area contributed by atoms with Gasteiger partial charge in [0.2, 0.25) is 5.82 Å². The lowest BCUT2D eigenvalue weighted by atomic mass is 10.1. The summed E-state index contributed by atoms with van der Waals surface area (Å²) in [5.74, 6) is -12.7. The van der Waals surface area contributed by atoms with Gasteiger partial charge in [0.15, 0.2) is 29.1 Å². The van der Waals surface area contributed by atoms with Crippen LogP contribution in [0, 0.1) is 40.4 Å². The van der Waals surface area contributed by atoms with Gasteiger partial charge < -0.3 is 0 Å². The average molecular weight is 235 g/mol. The summed E-state index contributed by atoms with van der Waals surface area (Å²) in [5.41, 5.74) is -1.59. The largest absolute Gasteiger partial charge is 0.293 e. The van der Waals surface area contributed by atoms with Crippen molar-refractivity contribution in [3.63, 3.8) is 0 Å². The van der Waals surface area contributed by atoms with E-state index in [2.05, 4.69) is 0 Å². The summed E-state index contributed by atoms with van der Waals surface area (Å²) in [6, 6.07) is 1.25. The topological polar surface area (TPSA) is 40.9 Å². The van der Waals surface area contributed by atoms with Gasteiger partial charge in [0.1, 0.15) is 0 Å². The zero-order valence-electron chi connectivity index (χ0n) is 7.45.